The summed E-state index contributed by atoms with van der Waals surface area (Å²) in [6.45, 7) is 1.41. The molecule has 0 heterocycles. The third-order valence-corrected chi connectivity index (χ3v) is 3.52. The van der Waals surface area contributed by atoms with E-state index in [0.29, 0.717) is 22.3 Å². The molecule has 0 saturated heterocycles. The average molecular weight is 272 g/mol. The molecule has 104 valence electrons. The van der Waals surface area contributed by atoms with Crippen molar-refractivity contribution in [3.8, 4) is 0 Å². The molecular weight excluding hydrogens is 256 g/mol. The molecule has 4 N–H and O–H groups in total. The Morgan fingerprint density at radius 1 is 1.15 bits per heavy atom. The zero-order valence-electron chi connectivity index (χ0n) is 11.2. The molecule has 1 aromatic rings. The van der Waals surface area contributed by atoms with Crippen LogP contribution in [0.5, 0.6) is 0 Å². The topological polar surface area (TPSA) is 103 Å². The Hall–Kier alpha value is -2.11. The minimum absolute atomic E-state index is 0.0424. The Morgan fingerprint density at radius 2 is 1.70 bits per heavy atom. The van der Waals surface area contributed by atoms with Gasteiger partial charge in [-0.25, -0.2) is 0 Å². The van der Waals surface area contributed by atoms with Crippen molar-refractivity contribution in [2.24, 2.45) is 11.5 Å². The molecule has 0 radical (unpaired) electrons. The molecule has 20 heavy (non-hydrogen) atoms. The fraction of sp³-hybridized carbons (Fsp3) is 0.267. The Balaban J connectivity index is 2.40. The third-order valence-electron chi connectivity index (χ3n) is 3.52. The maximum absolute atomic E-state index is 12.4. The van der Waals surface area contributed by atoms with Gasteiger partial charge < -0.3 is 11.5 Å². The maximum atomic E-state index is 12.4. The summed E-state index contributed by atoms with van der Waals surface area (Å²) in [5, 5.41) is 0. The monoisotopic (exact) mass is 272 g/mol. The van der Waals surface area contributed by atoms with Crippen LogP contribution in [0, 0.1) is 0 Å². The number of Topliss-reactive ketones (excluding diaryl/α,β-unsaturated/α-hetero) is 3. The van der Waals surface area contributed by atoms with Gasteiger partial charge in [0.05, 0.1) is 12.6 Å². The molecule has 1 aromatic carbocycles. The van der Waals surface area contributed by atoms with Gasteiger partial charge in [0.2, 0.25) is 0 Å². The van der Waals surface area contributed by atoms with E-state index in [1.807, 2.05) is 0 Å². The lowest BCUT2D eigenvalue weighted by Gasteiger charge is -2.20. The number of hydrogen-bond donors (Lipinski definition) is 2. The molecule has 1 aliphatic rings. The summed E-state index contributed by atoms with van der Waals surface area (Å²) in [5.74, 6) is -0.759. The molecular formula is C15H16N2O3. The van der Waals surface area contributed by atoms with E-state index in [0.717, 1.165) is 0 Å². The highest BCUT2D eigenvalue weighted by Gasteiger charge is 2.31. The average Bonchev–Trinajstić information content (AvgIpc) is 2.48. The first-order chi connectivity index (χ1) is 9.47. The van der Waals surface area contributed by atoms with Gasteiger partial charge in [-0.15, -0.1) is 0 Å². The van der Waals surface area contributed by atoms with Gasteiger partial charge in [0.1, 0.15) is 0 Å². The Labute approximate surface area is 116 Å². The number of hydrogen-bond acceptors (Lipinski definition) is 5. The smallest absolute Gasteiger partial charge is 0.190 e. The van der Waals surface area contributed by atoms with E-state index >= 15 is 0 Å². The number of carbonyl (C=O) groups excluding carboxylic acids is 3. The molecule has 0 bridgehead atoms. The first kappa shape index (κ1) is 14.3. The molecule has 0 aromatic heterocycles. The van der Waals surface area contributed by atoms with Gasteiger partial charge in [-0.3, -0.25) is 14.4 Å². The lowest BCUT2D eigenvalue weighted by Crippen LogP contribution is -2.37. The second-order valence-electron chi connectivity index (χ2n) is 4.79. The molecule has 0 fully saturated rings. The van der Waals surface area contributed by atoms with E-state index in [-0.39, 0.29) is 30.3 Å². The predicted molar refractivity (Wildman–Crippen MR) is 74.5 cm³/mol. The first-order valence-electron chi connectivity index (χ1n) is 6.34. The van der Waals surface area contributed by atoms with Crippen molar-refractivity contribution >= 4 is 17.3 Å². The Kier molecular flexibility index (Phi) is 3.92. The van der Waals surface area contributed by atoms with Gasteiger partial charge in [-0.2, -0.15) is 0 Å². The summed E-state index contributed by atoms with van der Waals surface area (Å²) >= 11 is 0. The van der Waals surface area contributed by atoms with Crippen LogP contribution in [-0.2, 0) is 4.79 Å². The molecule has 0 aliphatic heterocycles. The Morgan fingerprint density at radius 3 is 2.25 bits per heavy atom. The normalized spacial score (nSPS) is 16.1. The highest BCUT2D eigenvalue weighted by molar-refractivity contribution is 6.26. The highest BCUT2D eigenvalue weighted by Crippen LogP contribution is 2.28. The van der Waals surface area contributed by atoms with Crippen LogP contribution in [0.3, 0.4) is 0 Å². The van der Waals surface area contributed by atoms with Crippen LogP contribution >= 0.6 is 0 Å². The molecule has 1 atom stereocenters. The minimum atomic E-state index is -0.855. The van der Waals surface area contributed by atoms with E-state index in [4.69, 9.17) is 11.5 Å². The van der Waals surface area contributed by atoms with Gasteiger partial charge >= 0.3 is 0 Å². The van der Waals surface area contributed by atoms with Crippen LogP contribution < -0.4 is 11.5 Å². The summed E-state index contributed by atoms with van der Waals surface area (Å²) in [6.07, 6.45) is 0.0424. The van der Waals surface area contributed by atoms with Crippen molar-refractivity contribution in [2.45, 2.75) is 19.4 Å². The standard InChI is InChI=1S/C15H16N2O3/c1-8-11(6-12(17)13(18)7-16)15(20)10-5-3-2-4-9(10)14(8)19/h2-5,12H,6-7,16-17H2,1H3. The second kappa shape index (κ2) is 5.48. The number of rotatable bonds is 4. The Bertz CT molecular complexity index is 632. The number of fused-ring (bicyclic) bond motifs is 1. The molecule has 0 amide bonds. The van der Waals surface area contributed by atoms with Crippen LogP contribution in [0.4, 0.5) is 0 Å². The molecule has 0 spiro atoms. The molecule has 2 rings (SSSR count). The van der Waals surface area contributed by atoms with E-state index in [2.05, 4.69) is 0 Å². The van der Waals surface area contributed by atoms with Crippen molar-refractivity contribution < 1.29 is 14.4 Å². The number of benzene rings is 1. The summed E-state index contributed by atoms with van der Waals surface area (Å²) in [4.78, 5) is 36.1. The predicted octanol–water partition coefficient (Wildman–Crippen LogP) is 0.627. The lowest BCUT2D eigenvalue weighted by molar-refractivity contribution is -0.118. The van der Waals surface area contributed by atoms with E-state index in [9.17, 15) is 14.4 Å². The van der Waals surface area contributed by atoms with Gasteiger partial charge in [0.25, 0.3) is 0 Å². The summed E-state index contributed by atoms with van der Waals surface area (Å²) in [6, 6.07) is 5.80. The van der Waals surface area contributed by atoms with Crippen molar-refractivity contribution in [1.82, 2.24) is 0 Å². The van der Waals surface area contributed by atoms with Gasteiger partial charge in [0.15, 0.2) is 17.3 Å². The SMILES string of the molecule is CC1=C(CC(N)C(=O)CN)C(=O)c2ccccc2C1=O. The van der Waals surface area contributed by atoms with Crippen molar-refractivity contribution in [1.29, 1.82) is 0 Å². The van der Waals surface area contributed by atoms with Crippen LogP contribution in [0.15, 0.2) is 35.4 Å². The summed E-state index contributed by atoms with van der Waals surface area (Å²) in [5.41, 5.74) is 12.4. The van der Waals surface area contributed by atoms with Gasteiger partial charge in [-0.05, 0) is 13.3 Å². The van der Waals surface area contributed by atoms with Crippen molar-refractivity contribution in [3.63, 3.8) is 0 Å². The number of ketones is 3. The number of carbonyl (C=O) groups is 3. The largest absolute Gasteiger partial charge is 0.324 e. The fourth-order valence-electron chi connectivity index (χ4n) is 2.28. The quantitative estimate of drug-likeness (QED) is 0.836. The third kappa shape index (κ3) is 2.33. The number of nitrogens with two attached hydrogens (primary N) is 2. The van der Waals surface area contributed by atoms with Gasteiger partial charge in [-0.1, -0.05) is 24.3 Å². The van der Waals surface area contributed by atoms with E-state index in [1.54, 1.807) is 31.2 Å². The van der Waals surface area contributed by atoms with Crippen LogP contribution in [-0.4, -0.2) is 29.9 Å². The van der Waals surface area contributed by atoms with E-state index in [1.165, 1.54) is 0 Å². The fourth-order valence-corrected chi connectivity index (χ4v) is 2.28. The molecule has 1 unspecified atom stereocenters. The lowest BCUT2D eigenvalue weighted by atomic mass is 9.82. The van der Waals surface area contributed by atoms with Gasteiger partial charge in [0, 0.05) is 22.3 Å². The first-order valence-corrected chi connectivity index (χ1v) is 6.34. The summed E-state index contributed by atoms with van der Waals surface area (Å²) < 4.78 is 0. The van der Waals surface area contributed by atoms with Crippen LogP contribution in [0.25, 0.3) is 0 Å². The van der Waals surface area contributed by atoms with Crippen molar-refractivity contribution in [2.75, 3.05) is 6.54 Å². The number of allylic oxidation sites excluding steroid dienone is 1. The zero-order valence-corrected chi connectivity index (χ0v) is 11.2. The van der Waals surface area contributed by atoms with E-state index < -0.39 is 6.04 Å². The second-order valence-corrected chi connectivity index (χ2v) is 4.79. The molecule has 0 saturated carbocycles. The molecule has 5 nitrogen and oxygen atoms in total. The minimum Gasteiger partial charge on any atom is -0.324 e. The molecule has 1 aliphatic carbocycles. The molecule has 5 heteroatoms. The zero-order chi connectivity index (χ0) is 14.9. The van der Waals surface area contributed by atoms with Crippen molar-refractivity contribution in [3.05, 3.63) is 46.5 Å². The highest BCUT2D eigenvalue weighted by atomic mass is 16.1. The van der Waals surface area contributed by atoms with Crippen LogP contribution in [0.1, 0.15) is 34.1 Å². The van der Waals surface area contributed by atoms with Crippen LogP contribution in [0.2, 0.25) is 0 Å². The maximum Gasteiger partial charge on any atom is 0.190 e. The summed E-state index contributed by atoms with van der Waals surface area (Å²) in [7, 11) is 0.